The Morgan fingerprint density at radius 3 is 2.09 bits per heavy atom. The van der Waals surface area contributed by atoms with Crippen LogP contribution in [-0.4, -0.2) is 17.9 Å². The Labute approximate surface area is 136 Å². The highest BCUT2D eigenvalue weighted by atomic mass is 16.3. The molecule has 0 radical (unpaired) electrons. The molecule has 1 aromatic rings. The highest BCUT2D eigenvalue weighted by molar-refractivity contribution is 5.80. The first-order valence-corrected chi connectivity index (χ1v) is 9.03. The van der Waals surface area contributed by atoms with Crippen LogP contribution in [0.4, 0.5) is 0 Å². The molecule has 0 atom stereocenters. The molecule has 0 aliphatic heterocycles. The maximum atomic E-state index is 9.63. The van der Waals surface area contributed by atoms with Crippen molar-refractivity contribution in [3.8, 4) is 5.75 Å². The lowest BCUT2D eigenvalue weighted by Crippen LogP contribution is -1.87. The molecule has 22 heavy (non-hydrogen) atoms. The fourth-order valence-corrected chi connectivity index (χ4v) is 2.57. The summed E-state index contributed by atoms with van der Waals surface area (Å²) in [6.07, 6.45) is 15.4. The minimum atomic E-state index is 0.350. The van der Waals surface area contributed by atoms with Crippen LogP contribution >= 0.6 is 0 Å². The molecule has 0 unspecified atom stereocenters. The number of phenols is 1. The number of benzene rings is 1. The van der Waals surface area contributed by atoms with Crippen molar-refractivity contribution in [1.82, 2.24) is 0 Å². The van der Waals surface area contributed by atoms with E-state index in [1.165, 1.54) is 64.2 Å². The number of rotatable bonds is 12. The summed E-state index contributed by atoms with van der Waals surface area (Å²) in [5, 5.41) is 9.63. The van der Waals surface area contributed by atoms with Crippen molar-refractivity contribution in [3.05, 3.63) is 29.3 Å². The SMILES string of the molecule is CCCCCCCCCCCCN=Cc1ccc(C)c(O)c1. The zero-order valence-electron chi connectivity index (χ0n) is 14.5. The van der Waals surface area contributed by atoms with E-state index >= 15 is 0 Å². The summed E-state index contributed by atoms with van der Waals surface area (Å²) in [6.45, 7) is 5.06. The van der Waals surface area contributed by atoms with E-state index in [1.54, 1.807) is 6.07 Å². The van der Waals surface area contributed by atoms with Crippen LogP contribution in [0.3, 0.4) is 0 Å². The molecule has 0 saturated heterocycles. The number of hydrogen-bond acceptors (Lipinski definition) is 2. The first kappa shape index (κ1) is 18.7. The molecule has 2 heteroatoms. The predicted octanol–water partition coefficient (Wildman–Crippen LogP) is 6.04. The number of phenolic OH excluding ortho intramolecular Hbond substituents is 1. The molecule has 0 aliphatic carbocycles. The highest BCUT2D eigenvalue weighted by Gasteiger charge is 1.96. The van der Waals surface area contributed by atoms with Crippen molar-refractivity contribution < 1.29 is 5.11 Å². The number of hydrogen-bond donors (Lipinski definition) is 1. The van der Waals surface area contributed by atoms with Gasteiger partial charge < -0.3 is 5.11 Å². The molecular formula is C20H33NO. The summed E-state index contributed by atoms with van der Waals surface area (Å²) in [4.78, 5) is 4.44. The molecule has 2 nitrogen and oxygen atoms in total. The lowest BCUT2D eigenvalue weighted by molar-refractivity contribution is 0.471. The molecule has 1 rings (SSSR count). The van der Waals surface area contributed by atoms with Crippen molar-refractivity contribution in [3.63, 3.8) is 0 Å². The van der Waals surface area contributed by atoms with Gasteiger partial charge in [0.25, 0.3) is 0 Å². The Morgan fingerprint density at radius 2 is 1.50 bits per heavy atom. The Balaban J connectivity index is 1.96. The van der Waals surface area contributed by atoms with E-state index in [2.05, 4.69) is 11.9 Å². The van der Waals surface area contributed by atoms with Crippen LogP contribution in [0.2, 0.25) is 0 Å². The van der Waals surface area contributed by atoms with Gasteiger partial charge in [-0.2, -0.15) is 0 Å². The van der Waals surface area contributed by atoms with E-state index in [9.17, 15) is 5.11 Å². The van der Waals surface area contributed by atoms with Crippen LogP contribution in [0.15, 0.2) is 23.2 Å². The van der Waals surface area contributed by atoms with Crippen molar-refractivity contribution in [1.29, 1.82) is 0 Å². The van der Waals surface area contributed by atoms with Gasteiger partial charge in [-0.3, -0.25) is 4.99 Å². The fourth-order valence-electron chi connectivity index (χ4n) is 2.57. The van der Waals surface area contributed by atoms with Gasteiger partial charge >= 0.3 is 0 Å². The van der Waals surface area contributed by atoms with Gasteiger partial charge in [0.2, 0.25) is 0 Å². The van der Waals surface area contributed by atoms with Crippen LogP contribution in [-0.2, 0) is 0 Å². The average molecular weight is 303 g/mol. The summed E-state index contributed by atoms with van der Waals surface area (Å²) in [5.74, 6) is 0.350. The molecule has 0 aromatic heterocycles. The van der Waals surface area contributed by atoms with Crippen molar-refractivity contribution in [2.45, 2.75) is 78.1 Å². The standard InChI is InChI=1S/C20H33NO/c1-3-4-5-6-7-8-9-10-11-12-15-21-17-19-14-13-18(2)20(22)16-19/h13-14,16-17,22H,3-12,15H2,1-2H3. The quantitative estimate of drug-likeness (QED) is 0.370. The molecule has 0 fully saturated rings. The summed E-state index contributed by atoms with van der Waals surface area (Å²) < 4.78 is 0. The molecule has 0 heterocycles. The van der Waals surface area contributed by atoms with E-state index in [0.29, 0.717) is 5.75 Å². The molecule has 124 valence electrons. The Morgan fingerprint density at radius 1 is 0.909 bits per heavy atom. The van der Waals surface area contributed by atoms with Gasteiger partial charge in [-0.15, -0.1) is 0 Å². The molecule has 0 spiro atoms. The van der Waals surface area contributed by atoms with Crippen molar-refractivity contribution in [2.24, 2.45) is 4.99 Å². The van der Waals surface area contributed by atoms with Crippen LogP contribution in [0.1, 0.15) is 82.3 Å². The van der Waals surface area contributed by atoms with E-state index in [4.69, 9.17) is 0 Å². The van der Waals surface area contributed by atoms with E-state index in [-0.39, 0.29) is 0 Å². The summed E-state index contributed by atoms with van der Waals surface area (Å²) in [7, 11) is 0. The summed E-state index contributed by atoms with van der Waals surface area (Å²) in [5.41, 5.74) is 1.89. The van der Waals surface area contributed by atoms with E-state index in [1.807, 2.05) is 25.3 Å². The molecule has 0 aliphatic rings. The Hall–Kier alpha value is -1.31. The third-order valence-electron chi connectivity index (χ3n) is 4.11. The van der Waals surface area contributed by atoms with Crippen LogP contribution in [0, 0.1) is 6.92 Å². The van der Waals surface area contributed by atoms with Gasteiger partial charge in [0.05, 0.1) is 0 Å². The fraction of sp³-hybridized carbons (Fsp3) is 0.650. The van der Waals surface area contributed by atoms with E-state index < -0.39 is 0 Å². The number of aryl methyl sites for hydroxylation is 1. The average Bonchev–Trinajstić information content (AvgIpc) is 2.52. The minimum Gasteiger partial charge on any atom is -0.508 e. The largest absolute Gasteiger partial charge is 0.508 e. The van der Waals surface area contributed by atoms with Crippen LogP contribution in [0.5, 0.6) is 5.75 Å². The smallest absolute Gasteiger partial charge is 0.119 e. The number of aliphatic imine (C=N–C) groups is 1. The number of nitrogens with zero attached hydrogens (tertiary/aromatic N) is 1. The van der Waals surface area contributed by atoms with Gasteiger partial charge in [-0.05, 0) is 30.5 Å². The molecule has 1 N–H and O–H groups in total. The van der Waals surface area contributed by atoms with Gasteiger partial charge in [-0.25, -0.2) is 0 Å². The maximum absolute atomic E-state index is 9.63. The number of unbranched alkanes of at least 4 members (excludes halogenated alkanes) is 9. The lowest BCUT2D eigenvalue weighted by Gasteiger charge is -2.01. The van der Waals surface area contributed by atoms with Crippen LogP contribution < -0.4 is 0 Å². The van der Waals surface area contributed by atoms with Gasteiger partial charge in [-0.1, -0.05) is 76.8 Å². The summed E-state index contributed by atoms with van der Waals surface area (Å²) in [6, 6.07) is 5.70. The third kappa shape index (κ3) is 8.86. The predicted molar refractivity (Wildman–Crippen MR) is 97.1 cm³/mol. The second-order valence-corrected chi connectivity index (χ2v) is 6.26. The van der Waals surface area contributed by atoms with Crippen molar-refractivity contribution >= 4 is 6.21 Å². The zero-order chi connectivity index (χ0) is 16.0. The zero-order valence-corrected chi connectivity index (χ0v) is 14.5. The monoisotopic (exact) mass is 303 g/mol. The van der Waals surface area contributed by atoms with Crippen molar-refractivity contribution in [2.75, 3.05) is 6.54 Å². The molecular weight excluding hydrogens is 270 g/mol. The molecule has 0 bridgehead atoms. The molecule has 0 saturated carbocycles. The normalized spacial score (nSPS) is 11.4. The van der Waals surface area contributed by atoms with Gasteiger partial charge in [0.15, 0.2) is 0 Å². The lowest BCUT2D eigenvalue weighted by atomic mass is 10.1. The second kappa shape index (κ2) is 12.3. The topological polar surface area (TPSA) is 32.6 Å². The first-order valence-electron chi connectivity index (χ1n) is 9.03. The van der Waals surface area contributed by atoms with Gasteiger partial charge in [0.1, 0.15) is 5.75 Å². The Kier molecular flexibility index (Phi) is 10.4. The summed E-state index contributed by atoms with van der Waals surface area (Å²) >= 11 is 0. The molecule has 1 aromatic carbocycles. The van der Waals surface area contributed by atoms with Gasteiger partial charge in [0, 0.05) is 12.8 Å². The Bertz CT molecular complexity index is 426. The van der Waals surface area contributed by atoms with E-state index in [0.717, 1.165) is 17.7 Å². The minimum absolute atomic E-state index is 0.350. The first-order chi connectivity index (χ1) is 10.7. The third-order valence-corrected chi connectivity index (χ3v) is 4.11. The maximum Gasteiger partial charge on any atom is 0.119 e. The second-order valence-electron chi connectivity index (χ2n) is 6.26. The number of aromatic hydroxyl groups is 1. The highest BCUT2D eigenvalue weighted by Crippen LogP contribution is 2.16. The molecule has 0 amide bonds. The van der Waals surface area contributed by atoms with Crippen LogP contribution in [0.25, 0.3) is 0 Å².